The third kappa shape index (κ3) is 4.09. The Morgan fingerprint density at radius 3 is 3.00 bits per heavy atom. The Balaban J connectivity index is 1.67. The van der Waals surface area contributed by atoms with E-state index in [1.807, 2.05) is 31.2 Å². The lowest BCUT2D eigenvalue weighted by Crippen LogP contribution is -2.13. The zero-order valence-electron chi connectivity index (χ0n) is 10.7. The number of hydrogen-bond donors (Lipinski definition) is 2. The number of H-pyrrole nitrogens is 1. The highest BCUT2D eigenvalue weighted by molar-refractivity contribution is 5.89. The molecule has 1 amide bonds. The SMILES string of the molecule is Cc1ccccc1OCCCC(=O)Nc1cn[nH]n1. The van der Waals surface area contributed by atoms with Crippen LogP contribution in [0.25, 0.3) is 0 Å². The van der Waals surface area contributed by atoms with Crippen molar-refractivity contribution in [3.05, 3.63) is 36.0 Å². The van der Waals surface area contributed by atoms with E-state index in [0.29, 0.717) is 25.3 Å². The maximum Gasteiger partial charge on any atom is 0.225 e. The van der Waals surface area contributed by atoms with Crippen molar-refractivity contribution in [1.82, 2.24) is 15.4 Å². The van der Waals surface area contributed by atoms with Crippen LogP contribution < -0.4 is 10.1 Å². The number of para-hydroxylation sites is 1. The summed E-state index contributed by atoms with van der Waals surface area (Å²) in [5.74, 6) is 1.20. The molecule has 2 aromatic rings. The van der Waals surface area contributed by atoms with Crippen LogP contribution in [0.3, 0.4) is 0 Å². The first-order valence-corrected chi connectivity index (χ1v) is 6.10. The molecule has 0 aliphatic heterocycles. The first-order valence-electron chi connectivity index (χ1n) is 6.10. The summed E-state index contributed by atoms with van der Waals surface area (Å²) in [6.07, 6.45) is 2.50. The molecule has 0 spiro atoms. The second kappa shape index (κ2) is 6.53. The summed E-state index contributed by atoms with van der Waals surface area (Å²) in [6, 6.07) is 7.81. The molecule has 1 heterocycles. The molecule has 0 unspecified atom stereocenters. The van der Waals surface area contributed by atoms with E-state index in [9.17, 15) is 4.79 Å². The lowest BCUT2D eigenvalue weighted by Gasteiger charge is -2.08. The Morgan fingerprint density at radius 1 is 1.42 bits per heavy atom. The second-order valence-corrected chi connectivity index (χ2v) is 4.12. The van der Waals surface area contributed by atoms with Crippen LogP contribution in [0.4, 0.5) is 5.82 Å². The summed E-state index contributed by atoms with van der Waals surface area (Å²) in [7, 11) is 0. The predicted molar refractivity (Wildman–Crippen MR) is 70.9 cm³/mol. The monoisotopic (exact) mass is 260 g/mol. The minimum Gasteiger partial charge on any atom is -0.493 e. The number of ether oxygens (including phenoxy) is 1. The number of nitrogens with one attached hydrogen (secondary N) is 2. The molecule has 6 nitrogen and oxygen atoms in total. The Hall–Kier alpha value is -2.37. The fourth-order valence-corrected chi connectivity index (χ4v) is 1.60. The number of aryl methyl sites for hydroxylation is 1. The highest BCUT2D eigenvalue weighted by Gasteiger charge is 2.04. The van der Waals surface area contributed by atoms with E-state index in [4.69, 9.17) is 4.74 Å². The Morgan fingerprint density at radius 2 is 2.26 bits per heavy atom. The van der Waals surface area contributed by atoms with Crippen molar-refractivity contribution >= 4 is 11.7 Å². The molecule has 1 aromatic carbocycles. The molecule has 0 fully saturated rings. The van der Waals surface area contributed by atoms with Crippen molar-refractivity contribution in [3.8, 4) is 5.75 Å². The summed E-state index contributed by atoms with van der Waals surface area (Å²) in [5.41, 5.74) is 1.09. The van der Waals surface area contributed by atoms with Gasteiger partial charge >= 0.3 is 0 Å². The number of aromatic nitrogens is 3. The first-order chi connectivity index (χ1) is 9.25. The van der Waals surface area contributed by atoms with Gasteiger partial charge in [0.05, 0.1) is 12.8 Å². The summed E-state index contributed by atoms with van der Waals surface area (Å²) in [4.78, 5) is 11.5. The summed E-state index contributed by atoms with van der Waals surface area (Å²) in [5, 5.41) is 12.4. The van der Waals surface area contributed by atoms with E-state index < -0.39 is 0 Å². The van der Waals surface area contributed by atoms with E-state index in [1.54, 1.807) is 0 Å². The number of rotatable bonds is 6. The van der Waals surface area contributed by atoms with Gasteiger partial charge in [-0.25, -0.2) is 0 Å². The maximum absolute atomic E-state index is 11.5. The fraction of sp³-hybridized carbons (Fsp3) is 0.308. The van der Waals surface area contributed by atoms with E-state index in [0.717, 1.165) is 11.3 Å². The standard InChI is InChI=1S/C13H16N4O2/c1-10-5-2-3-6-11(10)19-8-4-7-13(18)15-12-9-14-17-16-12/h2-3,5-6,9H,4,7-8H2,1H3,(H2,14,15,16,17,18). The molecule has 19 heavy (non-hydrogen) atoms. The van der Waals surface area contributed by atoms with Crippen LogP contribution in [0.5, 0.6) is 5.75 Å². The molecule has 2 rings (SSSR count). The molecule has 100 valence electrons. The highest BCUT2D eigenvalue weighted by atomic mass is 16.5. The smallest absolute Gasteiger partial charge is 0.225 e. The van der Waals surface area contributed by atoms with Gasteiger partial charge in [-0.1, -0.05) is 18.2 Å². The van der Waals surface area contributed by atoms with Crippen molar-refractivity contribution in [3.63, 3.8) is 0 Å². The molecule has 0 saturated carbocycles. The third-order valence-electron chi connectivity index (χ3n) is 2.58. The molecule has 0 bridgehead atoms. The third-order valence-corrected chi connectivity index (χ3v) is 2.58. The van der Waals surface area contributed by atoms with Crippen molar-refractivity contribution in [2.75, 3.05) is 11.9 Å². The van der Waals surface area contributed by atoms with Crippen LogP contribution in [0.1, 0.15) is 18.4 Å². The lowest BCUT2D eigenvalue weighted by molar-refractivity contribution is -0.116. The van der Waals surface area contributed by atoms with Crippen LogP contribution in [-0.4, -0.2) is 27.9 Å². The van der Waals surface area contributed by atoms with Crippen molar-refractivity contribution in [2.45, 2.75) is 19.8 Å². The van der Waals surface area contributed by atoms with Gasteiger partial charge in [-0.05, 0) is 25.0 Å². The average molecular weight is 260 g/mol. The second-order valence-electron chi connectivity index (χ2n) is 4.12. The number of carbonyl (C=O) groups is 1. The topological polar surface area (TPSA) is 79.9 Å². The van der Waals surface area contributed by atoms with Crippen LogP contribution in [0, 0.1) is 6.92 Å². The number of nitrogens with zero attached hydrogens (tertiary/aromatic N) is 2. The summed E-state index contributed by atoms with van der Waals surface area (Å²) in [6.45, 7) is 2.50. The quantitative estimate of drug-likeness (QED) is 0.777. The zero-order valence-corrected chi connectivity index (χ0v) is 10.7. The Labute approximate surface area is 111 Å². The molecule has 6 heteroatoms. The van der Waals surface area contributed by atoms with Crippen LogP contribution in [0.15, 0.2) is 30.5 Å². The van der Waals surface area contributed by atoms with E-state index in [1.165, 1.54) is 6.20 Å². The lowest BCUT2D eigenvalue weighted by atomic mass is 10.2. The highest BCUT2D eigenvalue weighted by Crippen LogP contribution is 2.16. The fourth-order valence-electron chi connectivity index (χ4n) is 1.60. The van der Waals surface area contributed by atoms with Gasteiger partial charge in [0.15, 0.2) is 5.82 Å². The van der Waals surface area contributed by atoms with E-state index in [-0.39, 0.29) is 5.91 Å². The molecular weight excluding hydrogens is 244 g/mol. The molecule has 2 N–H and O–H groups in total. The summed E-state index contributed by atoms with van der Waals surface area (Å²) < 4.78 is 5.61. The van der Waals surface area contributed by atoms with Crippen molar-refractivity contribution in [2.24, 2.45) is 0 Å². The normalized spacial score (nSPS) is 10.2. The number of aromatic amines is 1. The van der Waals surface area contributed by atoms with Gasteiger partial charge in [-0.15, -0.1) is 5.10 Å². The maximum atomic E-state index is 11.5. The van der Waals surface area contributed by atoms with Gasteiger partial charge in [0.1, 0.15) is 5.75 Å². The predicted octanol–water partition coefficient (Wildman–Crippen LogP) is 1.91. The van der Waals surface area contributed by atoms with Crippen molar-refractivity contribution in [1.29, 1.82) is 0 Å². The van der Waals surface area contributed by atoms with Gasteiger partial charge in [0, 0.05) is 6.42 Å². The minimum absolute atomic E-state index is 0.0951. The van der Waals surface area contributed by atoms with Crippen LogP contribution >= 0.6 is 0 Å². The molecule has 0 saturated heterocycles. The van der Waals surface area contributed by atoms with Crippen molar-refractivity contribution < 1.29 is 9.53 Å². The number of benzene rings is 1. The molecule has 0 aliphatic carbocycles. The summed E-state index contributed by atoms with van der Waals surface area (Å²) >= 11 is 0. The Bertz CT molecular complexity index is 525. The van der Waals surface area contributed by atoms with Gasteiger partial charge in [0.25, 0.3) is 0 Å². The van der Waals surface area contributed by atoms with Gasteiger partial charge < -0.3 is 10.1 Å². The molecule has 0 aliphatic rings. The number of anilines is 1. The number of hydrogen-bond acceptors (Lipinski definition) is 4. The van der Waals surface area contributed by atoms with E-state index in [2.05, 4.69) is 20.7 Å². The largest absolute Gasteiger partial charge is 0.493 e. The van der Waals surface area contributed by atoms with Gasteiger partial charge in [-0.3, -0.25) is 4.79 Å². The first kappa shape index (κ1) is 13.1. The van der Waals surface area contributed by atoms with E-state index >= 15 is 0 Å². The number of carbonyl (C=O) groups excluding carboxylic acids is 1. The number of amides is 1. The van der Waals surface area contributed by atoms with Gasteiger partial charge in [-0.2, -0.15) is 10.3 Å². The van der Waals surface area contributed by atoms with Crippen LogP contribution in [-0.2, 0) is 4.79 Å². The zero-order chi connectivity index (χ0) is 13.5. The Kier molecular flexibility index (Phi) is 4.49. The molecule has 0 atom stereocenters. The average Bonchev–Trinajstić information content (AvgIpc) is 2.89. The van der Waals surface area contributed by atoms with Gasteiger partial charge in [0.2, 0.25) is 5.91 Å². The minimum atomic E-state index is -0.0951. The molecular formula is C13H16N4O2. The molecule has 0 radical (unpaired) electrons. The van der Waals surface area contributed by atoms with Crippen LogP contribution in [0.2, 0.25) is 0 Å². The molecule has 1 aromatic heterocycles.